The molecule has 0 radical (unpaired) electrons. The number of methoxy groups -OCH3 is 1. The van der Waals surface area contributed by atoms with Crippen LogP contribution in [0.15, 0.2) is 46.9 Å². The number of nitrogens with zero attached hydrogens (tertiary/aromatic N) is 2. The number of rotatable bonds is 5. The van der Waals surface area contributed by atoms with Crippen LogP contribution in [0.5, 0.6) is 11.5 Å². The minimum absolute atomic E-state index is 0.230. The Hall–Kier alpha value is -2.82. The second kappa shape index (κ2) is 6.52. The fourth-order valence-electron chi connectivity index (χ4n) is 2.40. The van der Waals surface area contributed by atoms with E-state index in [4.69, 9.17) is 13.9 Å². The van der Waals surface area contributed by atoms with Gasteiger partial charge in [0, 0.05) is 0 Å². The van der Waals surface area contributed by atoms with Crippen LogP contribution in [0.1, 0.15) is 17.0 Å². The highest BCUT2D eigenvalue weighted by Crippen LogP contribution is 2.29. The van der Waals surface area contributed by atoms with Crippen LogP contribution in [0.25, 0.3) is 11.5 Å². The third-order valence-corrected chi connectivity index (χ3v) is 3.55. The fraction of sp³-hybridized carbons (Fsp3) is 0.222. The minimum atomic E-state index is 0.230. The monoisotopic (exact) mass is 310 g/mol. The SMILES string of the molecule is COc1ccccc1-c1nnc(COc2c(C)cccc2C)o1. The lowest BCUT2D eigenvalue weighted by Gasteiger charge is -2.09. The van der Waals surface area contributed by atoms with E-state index in [1.807, 2.05) is 56.3 Å². The van der Waals surface area contributed by atoms with Gasteiger partial charge < -0.3 is 13.9 Å². The van der Waals surface area contributed by atoms with Crippen LogP contribution < -0.4 is 9.47 Å². The highest BCUT2D eigenvalue weighted by Gasteiger charge is 2.14. The Morgan fingerprint density at radius 2 is 1.70 bits per heavy atom. The zero-order chi connectivity index (χ0) is 16.2. The summed E-state index contributed by atoms with van der Waals surface area (Å²) in [4.78, 5) is 0. The molecule has 5 nitrogen and oxygen atoms in total. The van der Waals surface area contributed by atoms with Crippen molar-refractivity contribution in [3.63, 3.8) is 0 Å². The maximum absolute atomic E-state index is 5.83. The van der Waals surface area contributed by atoms with Gasteiger partial charge in [0.15, 0.2) is 6.61 Å². The molecule has 1 heterocycles. The maximum Gasteiger partial charge on any atom is 0.254 e. The molecule has 0 saturated heterocycles. The molecule has 0 aliphatic carbocycles. The predicted molar refractivity (Wildman–Crippen MR) is 86.5 cm³/mol. The van der Waals surface area contributed by atoms with Gasteiger partial charge in [0.05, 0.1) is 12.7 Å². The molecule has 0 spiro atoms. The number of hydrogen-bond acceptors (Lipinski definition) is 5. The van der Waals surface area contributed by atoms with E-state index in [0.29, 0.717) is 17.5 Å². The van der Waals surface area contributed by atoms with Gasteiger partial charge in [0.25, 0.3) is 11.8 Å². The second-order valence-electron chi connectivity index (χ2n) is 5.21. The highest BCUT2D eigenvalue weighted by atomic mass is 16.5. The van der Waals surface area contributed by atoms with Crippen LogP contribution in [-0.4, -0.2) is 17.3 Å². The summed E-state index contributed by atoms with van der Waals surface area (Å²) in [5.74, 6) is 2.39. The van der Waals surface area contributed by atoms with E-state index in [0.717, 1.165) is 22.4 Å². The normalized spacial score (nSPS) is 10.6. The van der Waals surface area contributed by atoms with Gasteiger partial charge in [-0.15, -0.1) is 10.2 Å². The Balaban J connectivity index is 1.78. The van der Waals surface area contributed by atoms with Gasteiger partial charge in [-0.3, -0.25) is 0 Å². The van der Waals surface area contributed by atoms with Crippen molar-refractivity contribution in [3.05, 3.63) is 59.5 Å². The lowest BCUT2D eigenvalue weighted by Crippen LogP contribution is -1.99. The van der Waals surface area contributed by atoms with E-state index in [2.05, 4.69) is 10.2 Å². The first kappa shape index (κ1) is 15.1. The quantitative estimate of drug-likeness (QED) is 0.714. The molecule has 1 aromatic heterocycles. The number of benzene rings is 2. The average Bonchev–Trinajstić information content (AvgIpc) is 3.03. The first-order chi connectivity index (χ1) is 11.2. The minimum Gasteiger partial charge on any atom is -0.496 e. The summed E-state index contributed by atoms with van der Waals surface area (Å²) in [7, 11) is 1.61. The lowest BCUT2D eigenvalue weighted by atomic mass is 10.1. The lowest BCUT2D eigenvalue weighted by molar-refractivity contribution is 0.261. The van der Waals surface area contributed by atoms with Crippen LogP contribution in [0.2, 0.25) is 0 Å². The third-order valence-electron chi connectivity index (χ3n) is 3.55. The number of hydrogen-bond donors (Lipinski definition) is 0. The number of para-hydroxylation sites is 2. The maximum atomic E-state index is 5.83. The van der Waals surface area contributed by atoms with E-state index < -0.39 is 0 Å². The Morgan fingerprint density at radius 3 is 2.43 bits per heavy atom. The van der Waals surface area contributed by atoms with Gasteiger partial charge in [-0.2, -0.15) is 0 Å². The van der Waals surface area contributed by atoms with E-state index in [1.165, 1.54) is 0 Å². The summed E-state index contributed by atoms with van der Waals surface area (Å²) < 4.78 is 16.8. The predicted octanol–water partition coefficient (Wildman–Crippen LogP) is 3.94. The molecular weight excluding hydrogens is 292 g/mol. The molecule has 23 heavy (non-hydrogen) atoms. The van der Waals surface area contributed by atoms with Crippen molar-refractivity contribution in [2.75, 3.05) is 7.11 Å². The summed E-state index contributed by atoms with van der Waals surface area (Å²) in [6.07, 6.45) is 0. The van der Waals surface area contributed by atoms with Gasteiger partial charge in [-0.05, 0) is 37.1 Å². The molecule has 0 saturated carbocycles. The van der Waals surface area contributed by atoms with Crippen molar-refractivity contribution >= 4 is 0 Å². The van der Waals surface area contributed by atoms with Gasteiger partial charge in [-0.1, -0.05) is 30.3 Å². The van der Waals surface area contributed by atoms with Gasteiger partial charge >= 0.3 is 0 Å². The molecule has 5 heteroatoms. The largest absolute Gasteiger partial charge is 0.496 e. The van der Waals surface area contributed by atoms with E-state index in [9.17, 15) is 0 Å². The Bertz CT molecular complexity index is 791. The number of ether oxygens (including phenoxy) is 2. The van der Waals surface area contributed by atoms with Crippen molar-refractivity contribution in [1.29, 1.82) is 0 Å². The van der Waals surface area contributed by atoms with Crippen LogP contribution in [0.4, 0.5) is 0 Å². The summed E-state index contributed by atoms with van der Waals surface area (Å²) in [6, 6.07) is 13.5. The van der Waals surface area contributed by atoms with Gasteiger partial charge in [0.2, 0.25) is 0 Å². The number of aryl methyl sites for hydroxylation is 2. The molecule has 0 bridgehead atoms. The molecule has 0 aliphatic rings. The van der Waals surface area contributed by atoms with Crippen LogP contribution in [0.3, 0.4) is 0 Å². The Kier molecular flexibility index (Phi) is 4.28. The van der Waals surface area contributed by atoms with Crippen molar-refractivity contribution in [2.45, 2.75) is 20.5 Å². The molecule has 118 valence electrons. The summed E-state index contributed by atoms with van der Waals surface area (Å²) >= 11 is 0. The second-order valence-corrected chi connectivity index (χ2v) is 5.21. The molecule has 0 N–H and O–H groups in total. The Labute approximate surface area is 134 Å². The zero-order valence-electron chi connectivity index (χ0n) is 13.4. The fourth-order valence-corrected chi connectivity index (χ4v) is 2.40. The standard InChI is InChI=1S/C18H18N2O3/c1-12-7-6-8-13(2)17(12)22-11-16-19-20-18(23-16)14-9-4-5-10-15(14)21-3/h4-10H,11H2,1-3H3. The molecule has 0 aliphatic heterocycles. The van der Waals surface area contributed by atoms with Crippen molar-refractivity contribution in [3.8, 4) is 23.0 Å². The summed E-state index contributed by atoms with van der Waals surface area (Å²) in [6.45, 7) is 4.25. The topological polar surface area (TPSA) is 57.4 Å². The molecule has 0 fully saturated rings. The first-order valence-electron chi connectivity index (χ1n) is 7.34. The zero-order valence-corrected chi connectivity index (χ0v) is 13.4. The summed E-state index contributed by atoms with van der Waals surface area (Å²) in [5.41, 5.74) is 2.92. The van der Waals surface area contributed by atoms with E-state index >= 15 is 0 Å². The van der Waals surface area contributed by atoms with Crippen LogP contribution >= 0.6 is 0 Å². The molecule has 2 aromatic carbocycles. The Morgan fingerprint density at radius 1 is 0.957 bits per heavy atom. The summed E-state index contributed by atoms with van der Waals surface area (Å²) in [5, 5.41) is 8.12. The van der Waals surface area contributed by atoms with Crippen molar-refractivity contribution in [2.24, 2.45) is 0 Å². The molecule has 3 aromatic rings. The average molecular weight is 310 g/mol. The molecule has 0 atom stereocenters. The van der Waals surface area contributed by atoms with Crippen LogP contribution in [0, 0.1) is 13.8 Å². The highest BCUT2D eigenvalue weighted by molar-refractivity contribution is 5.62. The molecule has 0 amide bonds. The van der Waals surface area contributed by atoms with E-state index in [1.54, 1.807) is 7.11 Å². The first-order valence-corrected chi connectivity index (χ1v) is 7.34. The third kappa shape index (κ3) is 3.18. The molecule has 0 unspecified atom stereocenters. The smallest absolute Gasteiger partial charge is 0.254 e. The van der Waals surface area contributed by atoms with Gasteiger partial charge in [0.1, 0.15) is 11.5 Å². The van der Waals surface area contributed by atoms with Crippen LogP contribution in [-0.2, 0) is 6.61 Å². The van der Waals surface area contributed by atoms with Gasteiger partial charge in [-0.25, -0.2) is 0 Å². The van der Waals surface area contributed by atoms with Crippen molar-refractivity contribution in [1.82, 2.24) is 10.2 Å². The molecule has 3 rings (SSSR count). The van der Waals surface area contributed by atoms with Crippen molar-refractivity contribution < 1.29 is 13.9 Å². The van der Waals surface area contributed by atoms with E-state index in [-0.39, 0.29) is 6.61 Å². The molecular formula is C18H18N2O3. The number of aromatic nitrogens is 2.